The first-order valence-corrected chi connectivity index (χ1v) is 7.33. The Morgan fingerprint density at radius 3 is 2.86 bits per heavy atom. The first-order chi connectivity index (χ1) is 6.86. The van der Waals surface area contributed by atoms with Gasteiger partial charge >= 0.3 is 0 Å². The van der Waals surface area contributed by atoms with E-state index in [-0.39, 0.29) is 0 Å². The summed E-state index contributed by atoms with van der Waals surface area (Å²) >= 11 is 5.65. The van der Waals surface area contributed by atoms with Crippen molar-refractivity contribution in [3.63, 3.8) is 0 Å². The summed E-state index contributed by atoms with van der Waals surface area (Å²) in [5, 5.41) is 2.17. The van der Waals surface area contributed by atoms with E-state index in [0.29, 0.717) is 4.83 Å². The van der Waals surface area contributed by atoms with E-state index < -0.39 is 0 Å². The van der Waals surface area contributed by atoms with Crippen molar-refractivity contribution in [2.45, 2.75) is 43.4 Å². The van der Waals surface area contributed by atoms with E-state index in [1.165, 1.54) is 43.4 Å². The summed E-state index contributed by atoms with van der Waals surface area (Å²) in [6.45, 7) is 0. The summed E-state index contributed by atoms with van der Waals surface area (Å²) in [5.74, 6) is 1.02. The molecule has 1 aromatic heterocycles. The largest absolute Gasteiger partial charge is 0.148 e. The van der Waals surface area contributed by atoms with E-state index in [2.05, 4.69) is 33.4 Å². The first kappa shape index (κ1) is 10.7. The molecular weight excluding hydrogens is 256 g/mol. The number of halogens is 1. The highest BCUT2D eigenvalue weighted by atomic mass is 79.9. The van der Waals surface area contributed by atoms with Crippen molar-refractivity contribution >= 4 is 27.3 Å². The SMILES string of the molecule is BrC(CCC1CCCC1)c1cccs1. The van der Waals surface area contributed by atoms with Gasteiger partial charge in [-0.1, -0.05) is 47.7 Å². The second-order valence-electron chi connectivity index (χ2n) is 4.21. The lowest BCUT2D eigenvalue weighted by atomic mass is 10.0. The second-order valence-corrected chi connectivity index (χ2v) is 6.30. The van der Waals surface area contributed by atoms with Gasteiger partial charge in [0.25, 0.3) is 0 Å². The van der Waals surface area contributed by atoms with E-state index >= 15 is 0 Å². The van der Waals surface area contributed by atoms with Gasteiger partial charge in [-0.05, 0) is 30.2 Å². The molecule has 1 saturated carbocycles. The molecular formula is C12H17BrS. The van der Waals surface area contributed by atoms with E-state index in [1.54, 1.807) is 0 Å². The van der Waals surface area contributed by atoms with Crippen LogP contribution in [-0.2, 0) is 0 Å². The normalized spacial score (nSPS) is 20.1. The third-order valence-corrected chi connectivity index (χ3v) is 5.40. The molecule has 0 bridgehead atoms. The highest BCUT2D eigenvalue weighted by Gasteiger charge is 2.17. The zero-order chi connectivity index (χ0) is 9.80. The smallest absolute Gasteiger partial charge is 0.0489 e. The summed E-state index contributed by atoms with van der Waals surface area (Å²) in [5.41, 5.74) is 0. The molecule has 2 rings (SSSR count). The van der Waals surface area contributed by atoms with Crippen LogP contribution in [0.3, 0.4) is 0 Å². The number of hydrogen-bond donors (Lipinski definition) is 0. The molecule has 1 aromatic rings. The Kier molecular flexibility index (Phi) is 4.06. The molecule has 1 aliphatic carbocycles. The molecule has 1 atom stereocenters. The Morgan fingerprint density at radius 1 is 1.43 bits per heavy atom. The van der Waals surface area contributed by atoms with Gasteiger partial charge in [0, 0.05) is 9.70 Å². The molecule has 0 saturated heterocycles. The van der Waals surface area contributed by atoms with Crippen LogP contribution in [0.15, 0.2) is 17.5 Å². The highest BCUT2D eigenvalue weighted by molar-refractivity contribution is 9.09. The van der Waals surface area contributed by atoms with Gasteiger partial charge in [0.15, 0.2) is 0 Å². The van der Waals surface area contributed by atoms with Gasteiger partial charge < -0.3 is 0 Å². The molecule has 1 aliphatic rings. The average molecular weight is 273 g/mol. The van der Waals surface area contributed by atoms with Gasteiger partial charge in [-0.2, -0.15) is 0 Å². The highest BCUT2D eigenvalue weighted by Crippen LogP contribution is 2.36. The number of alkyl halides is 1. The molecule has 0 amide bonds. The summed E-state index contributed by atoms with van der Waals surface area (Å²) < 4.78 is 0. The van der Waals surface area contributed by atoms with Crippen molar-refractivity contribution in [1.29, 1.82) is 0 Å². The fourth-order valence-corrected chi connectivity index (χ4v) is 3.77. The Morgan fingerprint density at radius 2 is 2.21 bits per heavy atom. The minimum atomic E-state index is 0.600. The maximum atomic E-state index is 3.78. The molecule has 1 fully saturated rings. The maximum Gasteiger partial charge on any atom is 0.0489 e. The third kappa shape index (κ3) is 2.83. The van der Waals surface area contributed by atoms with Crippen molar-refractivity contribution in [2.75, 3.05) is 0 Å². The molecule has 0 aromatic carbocycles. The molecule has 0 aliphatic heterocycles. The van der Waals surface area contributed by atoms with Gasteiger partial charge in [0.2, 0.25) is 0 Å². The van der Waals surface area contributed by atoms with Crippen LogP contribution < -0.4 is 0 Å². The van der Waals surface area contributed by atoms with Crippen LogP contribution in [0.2, 0.25) is 0 Å². The summed E-state index contributed by atoms with van der Waals surface area (Å²) in [6, 6.07) is 4.38. The van der Waals surface area contributed by atoms with Crippen molar-refractivity contribution < 1.29 is 0 Å². The first-order valence-electron chi connectivity index (χ1n) is 5.54. The van der Waals surface area contributed by atoms with Crippen molar-refractivity contribution in [3.8, 4) is 0 Å². The average Bonchev–Trinajstić information content (AvgIpc) is 2.87. The van der Waals surface area contributed by atoms with Gasteiger partial charge in [-0.15, -0.1) is 11.3 Å². The van der Waals surface area contributed by atoms with Crippen molar-refractivity contribution in [1.82, 2.24) is 0 Å². The minimum absolute atomic E-state index is 0.600. The molecule has 0 spiro atoms. The standard InChI is InChI=1S/C12H17BrS/c13-11(12-6-3-9-14-12)8-7-10-4-1-2-5-10/h3,6,9-11H,1-2,4-5,7-8H2. The Labute approximate surface area is 98.9 Å². The van der Waals surface area contributed by atoms with Crippen LogP contribution in [0.25, 0.3) is 0 Å². The lowest BCUT2D eigenvalue weighted by Gasteiger charge is -2.11. The fourth-order valence-electron chi connectivity index (χ4n) is 2.29. The summed E-state index contributed by atoms with van der Waals surface area (Å²) in [4.78, 5) is 2.09. The second kappa shape index (κ2) is 5.32. The number of hydrogen-bond acceptors (Lipinski definition) is 1. The molecule has 14 heavy (non-hydrogen) atoms. The molecule has 78 valence electrons. The lowest BCUT2D eigenvalue weighted by molar-refractivity contribution is 0.484. The van der Waals surface area contributed by atoms with E-state index in [9.17, 15) is 0 Å². The number of thiophene rings is 1. The zero-order valence-electron chi connectivity index (χ0n) is 8.42. The summed E-state index contributed by atoms with van der Waals surface area (Å²) in [7, 11) is 0. The summed E-state index contributed by atoms with van der Waals surface area (Å²) in [6.07, 6.45) is 8.61. The van der Waals surface area contributed by atoms with Crippen LogP contribution in [0.1, 0.15) is 48.2 Å². The molecule has 1 heterocycles. The zero-order valence-corrected chi connectivity index (χ0v) is 10.8. The number of rotatable bonds is 4. The Balaban J connectivity index is 1.74. The van der Waals surface area contributed by atoms with E-state index in [0.717, 1.165) is 5.92 Å². The Hall–Kier alpha value is 0.180. The molecule has 0 radical (unpaired) electrons. The van der Waals surface area contributed by atoms with Crippen LogP contribution in [0.5, 0.6) is 0 Å². The van der Waals surface area contributed by atoms with Crippen molar-refractivity contribution in [3.05, 3.63) is 22.4 Å². The third-order valence-electron chi connectivity index (χ3n) is 3.16. The lowest BCUT2D eigenvalue weighted by Crippen LogP contribution is -1.95. The van der Waals surface area contributed by atoms with E-state index in [1.807, 2.05) is 11.3 Å². The van der Waals surface area contributed by atoms with Crippen LogP contribution in [0.4, 0.5) is 0 Å². The minimum Gasteiger partial charge on any atom is -0.148 e. The van der Waals surface area contributed by atoms with Gasteiger partial charge in [-0.3, -0.25) is 0 Å². The fraction of sp³-hybridized carbons (Fsp3) is 0.667. The van der Waals surface area contributed by atoms with Crippen LogP contribution in [0, 0.1) is 5.92 Å². The Bertz CT molecular complexity index is 249. The predicted octanol–water partition coefficient (Wildman–Crippen LogP) is 5.15. The maximum absolute atomic E-state index is 3.78. The van der Waals surface area contributed by atoms with Gasteiger partial charge in [-0.25, -0.2) is 0 Å². The predicted molar refractivity (Wildman–Crippen MR) is 67.2 cm³/mol. The molecule has 0 nitrogen and oxygen atoms in total. The van der Waals surface area contributed by atoms with Gasteiger partial charge in [0.05, 0.1) is 0 Å². The molecule has 0 N–H and O–H groups in total. The van der Waals surface area contributed by atoms with Crippen LogP contribution in [-0.4, -0.2) is 0 Å². The topological polar surface area (TPSA) is 0 Å². The molecule has 1 unspecified atom stereocenters. The van der Waals surface area contributed by atoms with Gasteiger partial charge in [0.1, 0.15) is 0 Å². The van der Waals surface area contributed by atoms with E-state index in [4.69, 9.17) is 0 Å². The van der Waals surface area contributed by atoms with Crippen LogP contribution >= 0.6 is 27.3 Å². The van der Waals surface area contributed by atoms with Crippen molar-refractivity contribution in [2.24, 2.45) is 5.92 Å². The quantitative estimate of drug-likeness (QED) is 0.665. The molecule has 2 heteroatoms. The monoisotopic (exact) mass is 272 g/mol.